The Morgan fingerprint density at radius 2 is 2.24 bits per heavy atom. The third kappa shape index (κ3) is 3.68. The summed E-state index contributed by atoms with van der Waals surface area (Å²) in [5.74, 6) is 0.560. The Bertz CT molecular complexity index is 376. The van der Waals surface area contributed by atoms with Crippen LogP contribution in [0, 0.1) is 11.7 Å². The largest absolute Gasteiger partial charge is 0.310 e. The lowest BCUT2D eigenvalue weighted by Gasteiger charge is -2.20. The van der Waals surface area contributed by atoms with Crippen molar-refractivity contribution in [3.8, 4) is 0 Å². The van der Waals surface area contributed by atoms with E-state index in [0.717, 1.165) is 30.9 Å². The molecule has 1 aromatic carbocycles. The van der Waals surface area contributed by atoms with Crippen molar-refractivity contribution in [3.05, 3.63) is 34.6 Å². The van der Waals surface area contributed by atoms with E-state index in [1.54, 1.807) is 0 Å². The van der Waals surface area contributed by atoms with E-state index in [-0.39, 0.29) is 11.9 Å². The van der Waals surface area contributed by atoms with Crippen LogP contribution in [0.1, 0.15) is 44.2 Å². The molecule has 1 unspecified atom stereocenters. The van der Waals surface area contributed by atoms with E-state index in [2.05, 4.69) is 12.2 Å². The van der Waals surface area contributed by atoms with Gasteiger partial charge in [-0.05, 0) is 43.0 Å². The number of rotatable bonds is 6. The summed E-state index contributed by atoms with van der Waals surface area (Å²) in [6.07, 6.45) is 4.86. The molecule has 1 aromatic rings. The van der Waals surface area contributed by atoms with Crippen molar-refractivity contribution in [1.82, 2.24) is 5.32 Å². The van der Waals surface area contributed by atoms with Gasteiger partial charge in [-0.1, -0.05) is 37.4 Å². The van der Waals surface area contributed by atoms with Gasteiger partial charge in [-0.25, -0.2) is 4.39 Å². The zero-order valence-corrected chi connectivity index (χ0v) is 10.9. The van der Waals surface area contributed by atoms with E-state index < -0.39 is 0 Å². The first-order valence-corrected chi connectivity index (χ1v) is 6.76. The molecule has 0 aromatic heterocycles. The van der Waals surface area contributed by atoms with Gasteiger partial charge >= 0.3 is 0 Å². The fraction of sp³-hybridized carbons (Fsp3) is 0.571. The highest BCUT2D eigenvalue weighted by atomic mass is 35.5. The molecule has 94 valence electrons. The van der Waals surface area contributed by atoms with Gasteiger partial charge in [-0.2, -0.15) is 0 Å². The molecule has 0 spiro atoms. The maximum atomic E-state index is 13.0. The van der Waals surface area contributed by atoms with Crippen LogP contribution in [0.25, 0.3) is 0 Å². The number of halogens is 2. The Kier molecular flexibility index (Phi) is 4.41. The molecule has 1 nitrogen and oxygen atoms in total. The van der Waals surface area contributed by atoms with Gasteiger partial charge in [0.1, 0.15) is 5.82 Å². The SMILES string of the molecule is CCCNC(CC1CC1)c1ccc(F)cc1Cl. The fourth-order valence-electron chi connectivity index (χ4n) is 2.11. The van der Waals surface area contributed by atoms with Crippen LogP contribution in [0.15, 0.2) is 18.2 Å². The first kappa shape index (κ1) is 12.8. The lowest BCUT2D eigenvalue weighted by molar-refractivity contribution is 0.473. The summed E-state index contributed by atoms with van der Waals surface area (Å²) >= 11 is 6.13. The predicted molar refractivity (Wildman–Crippen MR) is 69.8 cm³/mol. The molecule has 1 fully saturated rings. The van der Waals surface area contributed by atoms with E-state index in [1.165, 1.54) is 25.0 Å². The van der Waals surface area contributed by atoms with Gasteiger partial charge in [0.05, 0.1) is 0 Å². The quantitative estimate of drug-likeness (QED) is 0.798. The van der Waals surface area contributed by atoms with Crippen LogP contribution in [0.5, 0.6) is 0 Å². The van der Waals surface area contributed by atoms with Crippen molar-refractivity contribution in [3.63, 3.8) is 0 Å². The van der Waals surface area contributed by atoms with E-state index >= 15 is 0 Å². The van der Waals surface area contributed by atoms with Crippen LogP contribution in [0.2, 0.25) is 5.02 Å². The van der Waals surface area contributed by atoms with Crippen LogP contribution in [-0.2, 0) is 0 Å². The molecule has 3 heteroatoms. The minimum atomic E-state index is -0.264. The molecular weight excluding hydrogens is 237 g/mol. The summed E-state index contributed by atoms with van der Waals surface area (Å²) in [4.78, 5) is 0. The van der Waals surface area contributed by atoms with Crippen LogP contribution in [-0.4, -0.2) is 6.54 Å². The normalized spacial score (nSPS) is 17.1. The van der Waals surface area contributed by atoms with Crippen LogP contribution < -0.4 is 5.32 Å². The highest BCUT2D eigenvalue weighted by Crippen LogP contribution is 2.39. The molecule has 0 bridgehead atoms. The Morgan fingerprint density at radius 3 is 2.82 bits per heavy atom. The molecule has 2 rings (SSSR count). The van der Waals surface area contributed by atoms with E-state index in [4.69, 9.17) is 11.6 Å². The average Bonchev–Trinajstić information content (AvgIpc) is 3.08. The molecule has 0 heterocycles. The molecule has 17 heavy (non-hydrogen) atoms. The van der Waals surface area contributed by atoms with Crippen LogP contribution in [0.4, 0.5) is 4.39 Å². The number of nitrogens with one attached hydrogen (secondary N) is 1. The molecule has 1 N–H and O–H groups in total. The Balaban J connectivity index is 2.11. The maximum absolute atomic E-state index is 13.0. The lowest BCUT2D eigenvalue weighted by Crippen LogP contribution is -2.23. The van der Waals surface area contributed by atoms with Gasteiger partial charge in [0.2, 0.25) is 0 Å². The molecule has 0 saturated heterocycles. The van der Waals surface area contributed by atoms with E-state index in [1.807, 2.05) is 6.07 Å². The standard InChI is InChI=1S/C14H19ClFN/c1-2-7-17-14(8-10-3-4-10)12-6-5-11(16)9-13(12)15/h5-6,9-10,14,17H,2-4,7-8H2,1H3. The summed E-state index contributed by atoms with van der Waals surface area (Å²) in [6.45, 7) is 3.12. The zero-order valence-electron chi connectivity index (χ0n) is 10.2. The highest BCUT2D eigenvalue weighted by molar-refractivity contribution is 6.31. The molecule has 1 aliphatic rings. The minimum absolute atomic E-state index is 0.264. The van der Waals surface area contributed by atoms with Crippen molar-refractivity contribution in [2.24, 2.45) is 5.92 Å². The molecule has 1 saturated carbocycles. The summed E-state index contributed by atoms with van der Waals surface area (Å²) in [7, 11) is 0. The van der Waals surface area contributed by atoms with Gasteiger partial charge in [-0.15, -0.1) is 0 Å². The van der Waals surface area contributed by atoms with E-state index in [0.29, 0.717) is 5.02 Å². The second kappa shape index (κ2) is 5.83. The molecule has 0 amide bonds. The van der Waals surface area contributed by atoms with E-state index in [9.17, 15) is 4.39 Å². The smallest absolute Gasteiger partial charge is 0.124 e. The van der Waals surface area contributed by atoms with Gasteiger partial charge in [0, 0.05) is 11.1 Å². The van der Waals surface area contributed by atoms with Crippen LogP contribution in [0.3, 0.4) is 0 Å². The Labute approximate surface area is 107 Å². The topological polar surface area (TPSA) is 12.0 Å². The summed E-state index contributed by atoms with van der Waals surface area (Å²) in [6, 6.07) is 4.99. The van der Waals surface area contributed by atoms with Crippen molar-refractivity contribution in [1.29, 1.82) is 0 Å². The van der Waals surface area contributed by atoms with Crippen molar-refractivity contribution in [2.75, 3.05) is 6.54 Å². The van der Waals surface area contributed by atoms with Gasteiger partial charge < -0.3 is 5.32 Å². The number of hydrogen-bond donors (Lipinski definition) is 1. The summed E-state index contributed by atoms with van der Waals surface area (Å²) < 4.78 is 13.0. The predicted octanol–water partition coefficient (Wildman–Crippen LogP) is 4.32. The lowest BCUT2D eigenvalue weighted by atomic mass is 10.0. The van der Waals surface area contributed by atoms with Gasteiger partial charge in [-0.3, -0.25) is 0 Å². The van der Waals surface area contributed by atoms with Crippen molar-refractivity contribution < 1.29 is 4.39 Å². The number of hydrogen-bond acceptors (Lipinski definition) is 1. The van der Waals surface area contributed by atoms with Crippen molar-refractivity contribution >= 4 is 11.6 Å². The highest BCUT2D eigenvalue weighted by Gasteiger charge is 2.26. The average molecular weight is 256 g/mol. The summed E-state index contributed by atoms with van der Waals surface area (Å²) in [5.41, 5.74) is 1.04. The molecule has 1 aliphatic carbocycles. The zero-order chi connectivity index (χ0) is 12.3. The Hall–Kier alpha value is -0.600. The number of benzene rings is 1. The maximum Gasteiger partial charge on any atom is 0.124 e. The minimum Gasteiger partial charge on any atom is -0.310 e. The second-order valence-electron chi connectivity index (χ2n) is 4.85. The first-order valence-electron chi connectivity index (χ1n) is 6.39. The van der Waals surface area contributed by atoms with Gasteiger partial charge in [0.15, 0.2) is 0 Å². The second-order valence-corrected chi connectivity index (χ2v) is 5.26. The molecule has 1 atom stereocenters. The molecular formula is C14H19ClFN. The monoisotopic (exact) mass is 255 g/mol. The van der Waals surface area contributed by atoms with Crippen molar-refractivity contribution in [2.45, 2.75) is 38.6 Å². The molecule has 0 radical (unpaired) electrons. The van der Waals surface area contributed by atoms with Gasteiger partial charge in [0.25, 0.3) is 0 Å². The summed E-state index contributed by atoms with van der Waals surface area (Å²) in [5, 5.41) is 4.05. The van der Waals surface area contributed by atoms with Crippen LogP contribution >= 0.6 is 11.6 Å². The Morgan fingerprint density at radius 1 is 1.47 bits per heavy atom. The third-order valence-electron chi connectivity index (χ3n) is 3.24. The fourth-order valence-corrected chi connectivity index (χ4v) is 2.41. The third-order valence-corrected chi connectivity index (χ3v) is 3.57. The molecule has 0 aliphatic heterocycles. The first-order chi connectivity index (χ1) is 8.20.